The Hall–Kier alpha value is -2.30. The normalized spacial score (nSPS) is 10.8. The Kier molecular flexibility index (Phi) is 4.08. The summed E-state index contributed by atoms with van der Waals surface area (Å²) in [5.41, 5.74) is 8.35. The minimum Gasteiger partial charge on any atom is -0.462 e. The third kappa shape index (κ3) is 2.66. The van der Waals surface area contributed by atoms with Gasteiger partial charge in [-0.05, 0) is 26.8 Å². The second-order valence-corrected chi connectivity index (χ2v) is 4.81. The van der Waals surface area contributed by atoms with E-state index in [1.165, 1.54) is 6.20 Å². The van der Waals surface area contributed by atoms with E-state index in [9.17, 15) is 4.79 Å². The maximum absolute atomic E-state index is 12.0. The highest BCUT2D eigenvalue weighted by molar-refractivity contribution is 6.07. The highest BCUT2D eigenvalue weighted by atomic mass is 16.5. The van der Waals surface area contributed by atoms with Crippen LogP contribution in [0, 0.1) is 0 Å². The number of benzene rings is 1. The number of carbonyl (C=O) groups is 1. The molecule has 0 saturated carbocycles. The number of ether oxygens (including phenoxy) is 1. The van der Waals surface area contributed by atoms with Gasteiger partial charge in [0.1, 0.15) is 5.56 Å². The van der Waals surface area contributed by atoms with Crippen LogP contribution < -0.4 is 11.1 Å². The van der Waals surface area contributed by atoms with Crippen LogP contribution in [0.2, 0.25) is 0 Å². The molecule has 0 aliphatic carbocycles. The predicted octanol–water partition coefficient (Wildman–Crippen LogP) is 2.81. The number of para-hydroxylation sites is 1. The number of pyridine rings is 1. The summed E-state index contributed by atoms with van der Waals surface area (Å²) in [7, 11) is 0. The number of nitrogens with one attached hydrogen (secondary N) is 1. The van der Waals surface area contributed by atoms with Gasteiger partial charge in [-0.2, -0.15) is 0 Å². The number of carbonyl (C=O) groups excluding carboxylic acids is 1. The zero-order valence-corrected chi connectivity index (χ0v) is 11.9. The number of hydrogen-bond acceptors (Lipinski definition) is 5. The van der Waals surface area contributed by atoms with Gasteiger partial charge < -0.3 is 15.8 Å². The molecule has 0 bridgehead atoms. The fourth-order valence-corrected chi connectivity index (χ4v) is 2.05. The Labute approximate surface area is 118 Å². The van der Waals surface area contributed by atoms with Gasteiger partial charge in [0.2, 0.25) is 0 Å². The van der Waals surface area contributed by atoms with Crippen LogP contribution in [-0.4, -0.2) is 23.6 Å². The first-order valence-electron chi connectivity index (χ1n) is 6.65. The standard InChI is InChI=1S/C15H19N3O2/c1-4-20-15(19)11-8-17-14-10(6-5-7-12(14)16)13(11)18-9(2)3/h5-9H,4,16H2,1-3H3,(H,17,18). The first kappa shape index (κ1) is 14.1. The van der Waals surface area contributed by atoms with Crippen molar-refractivity contribution >= 4 is 28.2 Å². The van der Waals surface area contributed by atoms with Crippen molar-refractivity contribution in [1.29, 1.82) is 0 Å². The summed E-state index contributed by atoms with van der Waals surface area (Å²) in [5, 5.41) is 4.11. The van der Waals surface area contributed by atoms with E-state index in [2.05, 4.69) is 10.3 Å². The van der Waals surface area contributed by atoms with Crippen LogP contribution in [0.1, 0.15) is 31.1 Å². The molecule has 5 nitrogen and oxygen atoms in total. The molecule has 2 aromatic rings. The first-order chi connectivity index (χ1) is 9.54. The Balaban J connectivity index is 2.66. The van der Waals surface area contributed by atoms with Gasteiger partial charge in [-0.1, -0.05) is 12.1 Å². The highest BCUT2D eigenvalue weighted by Gasteiger charge is 2.17. The van der Waals surface area contributed by atoms with Crippen LogP contribution in [0.4, 0.5) is 11.4 Å². The fraction of sp³-hybridized carbons (Fsp3) is 0.333. The molecule has 0 saturated heterocycles. The number of nitrogen functional groups attached to an aromatic ring is 1. The molecule has 0 aliphatic rings. The van der Waals surface area contributed by atoms with Crippen molar-refractivity contribution in [1.82, 2.24) is 4.98 Å². The molecule has 3 N–H and O–H groups in total. The summed E-state index contributed by atoms with van der Waals surface area (Å²) >= 11 is 0. The summed E-state index contributed by atoms with van der Waals surface area (Å²) in [6.45, 7) is 6.12. The van der Waals surface area contributed by atoms with E-state index < -0.39 is 0 Å². The van der Waals surface area contributed by atoms with Crippen LogP contribution in [0.3, 0.4) is 0 Å². The predicted molar refractivity (Wildman–Crippen MR) is 80.9 cm³/mol. The number of anilines is 2. The molecular formula is C15H19N3O2. The highest BCUT2D eigenvalue weighted by Crippen LogP contribution is 2.30. The van der Waals surface area contributed by atoms with Crippen molar-refractivity contribution in [2.45, 2.75) is 26.8 Å². The van der Waals surface area contributed by atoms with Crippen molar-refractivity contribution in [2.24, 2.45) is 0 Å². The van der Waals surface area contributed by atoms with Crippen molar-refractivity contribution in [3.63, 3.8) is 0 Å². The Bertz CT molecular complexity index is 638. The van der Waals surface area contributed by atoms with Crippen LogP contribution in [0.25, 0.3) is 10.9 Å². The molecule has 0 aliphatic heterocycles. The molecule has 2 rings (SSSR count). The van der Waals surface area contributed by atoms with Crippen LogP contribution >= 0.6 is 0 Å². The monoisotopic (exact) mass is 273 g/mol. The van der Waals surface area contributed by atoms with E-state index in [-0.39, 0.29) is 12.0 Å². The lowest BCUT2D eigenvalue weighted by Crippen LogP contribution is -2.16. The lowest BCUT2D eigenvalue weighted by molar-refractivity contribution is 0.0527. The summed E-state index contributed by atoms with van der Waals surface area (Å²) in [6.07, 6.45) is 1.52. The Morgan fingerprint density at radius 2 is 2.20 bits per heavy atom. The molecule has 5 heteroatoms. The number of nitrogens with two attached hydrogens (primary N) is 1. The van der Waals surface area contributed by atoms with Gasteiger partial charge in [-0.3, -0.25) is 4.98 Å². The van der Waals surface area contributed by atoms with Gasteiger partial charge >= 0.3 is 5.97 Å². The van der Waals surface area contributed by atoms with Crippen LogP contribution in [-0.2, 0) is 4.74 Å². The molecule has 0 amide bonds. The molecule has 1 aromatic carbocycles. The van der Waals surface area contributed by atoms with Crippen molar-refractivity contribution in [2.75, 3.05) is 17.7 Å². The largest absolute Gasteiger partial charge is 0.462 e. The molecule has 1 heterocycles. The van der Waals surface area contributed by atoms with Crippen molar-refractivity contribution in [3.05, 3.63) is 30.0 Å². The van der Waals surface area contributed by atoms with Gasteiger partial charge in [0.05, 0.1) is 23.5 Å². The van der Waals surface area contributed by atoms with Gasteiger partial charge in [0.25, 0.3) is 0 Å². The average molecular weight is 273 g/mol. The van der Waals surface area contributed by atoms with E-state index in [1.54, 1.807) is 13.0 Å². The molecule has 0 radical (unpaired) electrons. The Morgan fingerprint density at radius 3 is 2.85 bits per heavy atom. The number of nitrogens with zero attached hydrogens (tertiary/aromatic N) is 1. The Morgan fingerprint density at radius 1 is 1.45 bits per heavy atom. The number of aromatic nitrogens is 1. The van der Waals surface area contributed by atoms with Crippen molar-refractivity contribution < 1.29 is 9.53 Å². The van der Waals surface area contributed by atoms with Crippen LogP contribution in [0.15, 0.2) is 24.4 Å². The summed E-state index contributed by atoms with van der Waals surface area (Å²) < 4.78 is 5.08. The topological polar surface area (TPSA) is 77.2 Å². The molecule has 0 spiro atoms. The molecule has 0 atom stereocenters. The number of hydrogen-bond donors (Lipinski definition) is 2. The maximum atomic E-state index is 12.0. The lowest BCUT2D eigenvalue weighted by Gasteiger charge is -2.16. The fourth-order valence-electron chi connectivity index (χ4n) is 2.05. The maximum Gasteiger partial charge on any atom is 0.341 e. The molecule has 1 aromatic heterocycles. The molecular weight excluding hydrogens is 254 g/mol. The zero-order valence-electron chi connectivity index (χ0n) is 11.9. The van der Waals surface area contributed by atoms with E-state index in [1.807, 2.05) is 26.0 Å². The minimum absolute atomic E-state index is 0.176. The summed E-state index contributed by atoms with van der Waals surface area (Å²) in [5.74, 6) is -0.382. The molecule has 0 fully saturated rings. The third-order valence-electron chi connectivity index (χ3n) is 2.86. The van der Waals surface area contributed by atoms with Crippen LogP contribution in [0.5, 0.6) is 0 Å². The number of fused-ring (bicyclic) bond motifs is 1. The molecule has 106 valence electrons. The number of esters is 1. The molecule has 0 unspecified atom stereocenters. The quantitative estimate of drug-likeness (QED) is 0.661. The van der Waals surface area contributed by atoms with Gasteiger partial charge in [-0.15, -0.1) is 0 Å². The number of rotatable bonds is 4. The summed E-state index contributed by atoms with van der Waals surface area (Å²) in [6, 6.07) is 5.71. The van der Waals surface area contributed by atoms with E-state index in [4.69, 9.17) is 10.5 Å². The smallest absolute Gasteiger partial charge is 0.341 e. The van der Waals surface area contributed by atoms with E-state index in [0.717, 1.165) is 11.1 Å². The average Bonchev–Trinajstić information content (AvgIpc) is 2.39. The van der Waals surface area contributed by atoms with Crippen molar-refractivity contribution in [3.8, 4) is 0 Å². The van der Waals surface area contributed by atoms with Gasteiger partial charge in [0.15, 0.2) is 0 Å². The third-order valence-corrected chi connectivity index (χ3v) is 2.86. The molecule has 20 heavy (non-hydrogen) atoms. The lowest BCUT2D eigenvalue weighted by atomic mass is 10.1. The zero-order chi connectivity index (χ0) is 14.7. The second kappa shape index (κ2) is 5.77. The minimum atomic E-state index is -0.382. The van der Waals surface area contributed by atoms with E-state index in [0.29, 0.717) is 23.4 Å². The van der Waals surface area contributed by atoms with Gasteiger partial charge in [0, 0.05) is 17.6 Å². The van der Waals surface area contributed by atoms with Gasteiger partial charge in [-0.25, -0.2) is 4.79 Å². The first-order valence-corrected chi connectivity index (χ1v) is 6.65. The summed E-state index contributed by atoms with van der Waals surface area (Å²) in [4.78, 5) is 16.3. The second-order valence-electron chi connectivity index (χ2n) is 4.81. The SMILES string of the molecule is CCOC(=O)c1cnc2c(N)cccc2c1NC(C)C. The van der Waals surface area contributed by atoms with E-state index >= 15 is 0 Å².